The summed E-state index contributed by atoms with van der Waals surface area (Å²) in [7, 11) is 1.95. The fraction of sp³-hybridized carbons (Fsp3) is 0.500. The summed E-state index contributed by atoms with van der Waals surface area (Å²) < 4.78 is 1.88. The van der Waals surface area contributed by atoms with E-state index in [1.807, 2.05) is 23.9 Å². The SMILES string of the molecule is CC(C)CC(O)Cc1nn(C)c2ccccc12. The number of fused-ring (bicyclic) bond motifs is 1. The van der Waals surface area contributed by atoms with Crippen LogP contribution in [0.1, 0.15) is 26.0 Å². The molecule has 1 N–H and O–H groups in total. The summed E-state index contributed by atoms with van der Waals surface area (Å²) in [5, 5.41) is 15.6. The van der Waals surface area contributed by atoms with Gasteiger partial charge in [-0.2, -0.15) is 5.10 Å². The van der Waals surface area contributed by atoms with Crippen LogP contribution in [0.3, 0.4) is 0 Å². The molecule has 0 aliphatic carbocycles. The van der Waals surface area contributed by atoms with Crippen molar-refractivity contribution < 1.29 is 5.11 Å². The molecule has 1 unspecified atom stereocenters. The molecule has 2 aromatic rings. The van der Waals surface area contributed by atoms with Crippen molar-refractivity contribution in [2.24, 2.45) is 13.0 Å². The number of para-hydroxylation sites is 1. The Balaban J connectivity index is 2.24. The van der Waals surface area contributed by atoms with Gasteiger partial charge in [0.25, 0.3) is 0 Å². The van der Waals surface area contributed by atoms with Gasteiger partial charge >= 0.3 is 0 Å². The molecule has 2 rings (SSSR count). The Hall–Kier alpha value is -1.35. The van der Waals surface area contributed by atoms with E-state index in [0.29, 0.717) is 12.3 Å². The number of hydrogen-bond donors (Lipinski definition) is 1. The zero-order valence-corrected chi connectivity index (χ0v) is 10.7. The summed E-state index contributed by atoms with van der Waals surface area (Å²) in [5.41, 5.74) is 2.12. The van der Waals surface area contributed by atoms with Crippen LogP contribution < -0.4 is 0 Å². The highest BCUT2D eigenvalue weighted by atomic mass is 16.3. The zero-order valence-electron chi connectivity index (χ0n) is 10.7. The molecule has 1 heterocycles. The molecule has 0 aliphatic heterocycles. The van der Waals surface area contributed by atoms with Gasteiger partial charge in [0.1, 0.15) is 0 Å². The third kappa shape index (κ3) is 2.67. The van der Waals surface area contributed by atoms with Crippen LogP contribution in [0.25, 0.3) is 10.9 Å². The molecule has 0 aliphatic rings. The minimum atomic E-state index is -0.298. The Kier molecular flexibility index (Phi) is 3.48. The van der Waals surface area contributed by atoms with Crippen molar-refractivity contribution in [1.82, 2.24) is 9.78 Å². The Labute approximate surface area is 102 Å². The molecule has 0 radical (unpaired) electrons. The quantitative estimate of drug-likeness (QED) is 0.879. The van der Waals surface area contributed by atoms with Crippen molar-refractivity contribution in [2.75, 3.05) is 0 Å². The first kappa shape index (κ1) is 12.1. The maximum absolute atomic E-state index is 9.99. The number of nitrogens with zero attached hydrogens (tertiary/aromatic N) is 2. The molecule has 0 spiro atoms. The maximum Gasteiger partial charge on any atom is 0.0728 e. The van der Waals surface area contributed by atoms with Crippen LogP contribution in [0.15, 0.2) is 24.3 Å². The zero-order chi connectivity index (χ0) is 12.4. The molecule has 0 saturated heterocycles. The summed E-state index contributed by atoms with van der Waals surface area (Å²) in [6.45, 7) is 4.25. The number of hydrogen-bond acceptors (Lipinski definition) is 2. The maximum atomic E-state index is 9.99. The lowest BCUT2D eigenvalue weighted by Gasteiger charge is -2.11. The first-order valence-corrected chi connectivity index (χ1v) is 6.16. The highest BCUT2D eigenvalue weighted by molar-refractivity contribution is 5.81. The van der Waals surface area contributed by atoms with Crippen molar-refractivity contribution in [1.29, 1.82) is 0 Å². The molecular weight excluding hydrogens is 212 g/mol. The number of aliphatic hydroxyl groups is 1. The predicted molar refractivity (Wildman–Crippen MR) is 69.9 cm³/mol. The highest BCUT2D eigenvalue weighted by Gasteiger charge is 2.13. The minimum absolute atomic E-state index is 0.298. The van der Waals surface area contributed by atoms with Gasteiger partial charge in [-0.25, -0.2) is 0 Å². The van der Waals surface area contributed by atoms with E-state index in [1.54, 1.807) is 0 Å². The van der Waals surface area contributed by atoms with E-state index in [2.05, 4.69) is 31.1 Å². The molecule has 0 bridgehead atoms. The van der Waals surface area contributed by atoms with Crippen LogP contribution in [0.4, 0.5) is 0 Å². The standard InChI is InChI=1S/C14H20N2O/c1-10(2)8-11(17)9-13-12-6-4-5-7-14(12)16(3)15-13/h4-7,10-11,17H,8-9H2,1-3H3. The van der Waals surface area contributed by atoms with Crippen LogP contribution in [0.5, 0.6) is 0 Å². The topological polar surface area (TPSA) is 38.1 Å². The van der Waals surface area contributed by atoms with E-state index in [-0.39, 0.29) is 6.10 Å². The summed E-state index contributed by atoms with van der Waals surface area (Å²) >= 11 is 0. The summed E-state index contributed by atoms with van der Waals surface area (Å²) in [5.74, 6) is 0.514. The largest absolute Gasteiger partial charge is 0.393 e. The second-order valence-electron chi connectivity index (χ2n) is 5.07. The van der Waals surface area contributed by atoms with E-state index in [9.17, 15) is 5.11 Å². The van der Waals surface area contributed by atoms with Crippen LogP contribution in [0.2, 0.25) is 0 Å². The van der Waals surface area contributed by atoms with Crippen LogP contribution in [-0.4, -0.2) is 21.0 Å². The van der Waals surface area contributed by atoms with Gasteiger partial charge in [-0.3, -0.25) is 4.68 Å². The van der Waals surface area contributed by atoms with Crippen LogP contribution in [-0.2, 0) is 13.5 Å². The molecule has 1 aromatic heterocycles. The molecule has 92 valence electrons. The van der Waals surface area contributed by atoms with E-state index >= 15 is 0 Å². The molecule has 0 fully saturated rings. The van der Waals surface area contributed by atoms with Gasteiger partial charge in [0.15, 0.2) is 0 Å². The fourth-order valence-electron chi connectivity index (χ4n) is 2.29. The van der Waals surface area contributed by atoms with Crippen LogP contribution in [0, 0.1) is 5.92 Å². The minimum Gasteiger partial charge on any atom is -0.393 e. The Bertz CT molecular complexity index is 502. The Morgan fingerprint density at radius 2 is 2.00 bits per heavy atom. The second kappa shape index (κ2) is 4.88. The molecule has 17 heavy (non-hydrogen) atoms. The monoisotopic (exact) mass is 232 g/mol. The number of aryl methyl sites for hydroxylation is 1. The highest BCUT2D eigenvalue weighted by Crippen LogP contribution is 2.20. The average molecular weight is 232 g/mol. The molecule has 0 saturated carbocycles. The van der Waals surface area contributed by atoms with Gasteiger partial charge < -0.3 is 5.11 Å². The third-order valence-corrected chi connectivity index (χ3v) is 3.01. The molecule has 1 aromatic carbocycles. The summed E-state index contributed by atoms with van der Waals surface area (Å²) in [6, 6.07) is 8.15. The normalized spacial score (nSPS) is 13.5. The Morgan fingerprint density at radius 3 is 2.71 bits per heavy atom. The predicted octanol–water partition coefficient (Wildman–Crippen LogP) is 2.52. The van der Waals surface area contributed by atoms with Crippen molar-refractivity contribution in [2.45, 2.75) is 32.8 Å². The van der Waals surface area contributed by atoms with Gasteiger partial charge in [-0.05, 0) is 18.4 Å². The number of aromatic nitrogens is 2. The fourth-order valence-corrected chi connectivity index (χ4v) is 2.29. The van der Waals surface area contributed by atoms with Gasteiger partial charge in [-0.1, -0.05) is 32.0 Å². The third-order valence-electron chi connectivity index (χ3n) is 3.01. The van der Waals surface area contributed by atoms with Gasteiger partial charge in [0.2, 0.25) is 0 Å². The first-order valence-electron chi connectivity index (χ1n) is 6.16. The first-order chi connectivity index (χ1) is 8.08. The molecule has 3 nitrogen and oxygen atoms in total. The van der Waals surface area contributed by atoms with Crippen LogP contribution >= 0.6 is 0 Å². The van der Waals surface area contributed by atoms with Crippen molar-refractivity contribution in [3.05, 3.63) is 30.0 Å². The van der Waals surface area contributed by atoms with Gasteiger partial charge in [-0.15, -0.1) is 0 Å². The number of benzene rings is 1. The van der Waals surface area contributed by atoms with E-state index in [0.717, 1.165) is 23.0 Å². The lowest BCUT2D eigenvalue weighted by Crippen LogP contribution is -2.14. The smallest absolute Gasteiger partial charge is 0.0728 e. The summed E-state index contributed by atoms with van der Waals surface area (Å²) in [6.07, 6.45) is 1.16. The Morgan fingerprint density at radius 1 is 1.29 bits per heavy atom. The van der Waals surface area contributed by atoms with E-state index < -0.39 is 0 Å². The molecule has 3 heteroatoms. The molecule has 1 atom stereocenters. The number of rotatable bonds is 4. The van der Waals surface area contributed by atoms with Crippen molar-refractivity contribution in [3.63, 3.8) is 0 Å². The molecule has 0 amide bonds. The van der Waals surface area contributed by atoms with Crippen molar-refractivity contribution >= 4 is 10.9 Å². The van der Waals surface area contributed by atoms with E-state index in [1.165, 1.54) is 0 Å². The lowest BCUT2D eigenvalue weighted by molar-refractivity contribution is 0.148. The van der Waals surface area contributed by atoms with Gasteiger partial charge in [0, 0.05) is 18.9 Å². The van der Waals surface area contributed by atoms with Crippen molar-refractivity contribution in [3.8, 4) is 0 Å². The lowest BCUT2D eigenvalue weighted by atomic mass is 10.0. The van der Waals surface area contributed by atoms with E-state index in [4.69, 9.17) is 0 Å². The molecular formula is C14H20N2O. The number of aliphatic hydroxyl groups excluding tert-OH is 1. The second-order valence-corrected chi connectivity index (χ2v) is 5.07. The average Bonchev–Trinajstić information content (AvgIpc) is 2.55. The van der Waals surface area contributed by atoms with Gasteiger partial charge in [0.05, 0.1) is 17.3 Å². The summed E-state index contributed by atoms with van der Waals surface area (Å²) in [4.78, 5) is 0.